The first-order chi connectivity index (χ1) is 8.42. The minimum Gasteiger partial charge on any atom is -0.481 e. The van der Waals surface area contributed by atoms with Crippen molar-refractivity contribution in [1.29, 1.82) is 0 Å². The van der Waals surface area contributed by atoms with Crippen LogP contribution in [0.2, 0.25) is 0 Å². The second-order valence-electron chi connectivity index (χ2n) is 3.43. The molecule has 0 aliphatic carbocycles. The van der Waals surface area contributed by atoms with Gasteiger partial charge in [0, 0.05) is 6.42 Å². The molecule has 0 fully saturated rings. The second-order valence-corrected chi connectivity index (χ2v) is 3.43. The third kappa shape index (κ3) is 6.13. The third-order valence-electron chi connectivity index (χ3n) is 2.10. The summed E-state index contributed by atoms with van der Waals surface area (Å²) in [6, 6.07) is -2.51. The number of nitrogens with one attached hydrogen (secondary N) is 2. The molecule has 18 heavy (non-hydrogen) atoms. The first-order valence-corrected chi connectivity index (χ1v) is 5.12. The SMILES string of the molecule is O=C(O)CCC(NCO)C(=O)N[C@@H](CO)C(=O)O. The van der Waals surface area contributed by atoms with E-state index in [9.17, 15) is 14.4 Å². The van der Waals surface area contributed by atoms with Crippen molar-refractivity contribution in [2.75, 3.05) is 13.3 Å². The van der Waals surface area contributed by atoms with Gasteiger partial charge in [0.2, 0.25) is 5.91 Å². The smallest absolute Gasteiger partial charge is 0.328 e. The van der Waals surface area contributed by atoms with E-state index < -0.39 is 43.3 Å². The van der Waals surface area contributed by atoms with Crippen molar-refractivity contribution in [2.45, 2.75) is 24.9 Å². The van der Waals surface area contributed by atoms with Crippen molar-refractivity contribution in [3.8, 4) is 0 Å². The molecule has 9 nitrogen and oxygen atoms in total. The molecule has 0 aromatic heterocycles. The molecule has 0 aromatic rings. The second kappa shape index (κ2) is 8.39. The molecule has 0 rings (SSSR count). The summed E-state index contributed by atoms with van der Waals surface area (Å²) < 4.78 is 0. The van der Waals surface area contributed by atoms with E-state index in [0.717, 1.165) is 0 Å². The lowest BCUT2D eigenvalue weighted by Crippen LogP contribution is -2.51. The fourth-order valence-corrected chi connectivity index (χ4v) is 1.16. The highest BCUT2D eigenvalue weighted by molar-refractivity contribution is 5.87. The maximum Gasteiger partial charge on any atom is 0.328 e. The minimum atomic E-state index is -1.47. The summed E-state index contributed by atoms with van der Waals surface area (Å²) in [5, 5.41) is 38.8. The van der Waals surface area contributed by atoms with Gasteiger partial charge in [-0.25, -0.2) is 4.79 Å². The van der Waals surface area contributed by atoms with Crippen LogP contribution >= 0.6 is 0 Å². The van der Waals surface area contributed by atoms with Gasteiger partial charge in [0.15, 0.2) is 0 Å². The molecule has 0 aliphatic heterocycles. The third-order valence-corrected chi connectivity index (χ3v) is 2.10. The number of carbonyl (C=O) groups is 3. The van der Waals surface area contributed by atoms with Gasteiger partial charge in [-0.3, -0.25) is 14.9 Å². The molecule has 0 radical (unpaired) electrons. The van der Waals surface area contributed by atoms with E-state index in [2.05, 4.69) is 5.32 Å². The normalized spacial score (nSPS) is 13.7. The van der Waals surface area contributed by atoms with Crippen LogP contribution in [0.1, 0.15) is 12.8 Å². The number of hydrogen-bond acceptors (Lipinski definition) is 6. The number of carboxylic acid groups (broad SMARTS) is 2. The molecule has 0 saturated heterocycles. The average Bonchev–Trinajstić information content (AvgIpc) is 2.30. The van der Waals surface area contributed by atoms with Crippen molar-refractivity contribution in [3.05, 3.63) is 0 Å². The Kier molecular flexibility index (Phi) is 7.59. The quantitative estimate of drug-likeness (QED) is 0.246. The average molecular weight is 264 g/mol. The van der Waals surface area contributed by atoms with Crippen LogP contribution in [0.5, 0.6) is 0 Å². The molecule has 0 saturated carbocycles. The number of aliphatic hydroxyl groups excluding tert-OH is 2. The number of amides is 1. The van der Waals surface area contributed by atoms with E-state index in [1.165, 1.54) is 0 Å². The van der Waals surface area contributed by atoms with E-state index >= 15 is 0 Å². The zero-order chi connectivity index (χ0) is 14.1. The summed E-state index contributed by atoms with van der Waals surface area (Å²) in [7, 11) is 0. The van der Waals surface area contributed by atoms with Crippen molar-refractivity contribution in [1.82, 2.24) is 10.6 Å². The summed E-state index contributed by atoms with van der Waals surface area (Å²) in [4.78, 5) is 32.5. The first kappa shape index (κ1) is 16.3. The van der Waals surface area contributed by atoms with Gasteiger partial charge in [0.1, 0.15) is 6.04 Å². The summed E-state index contributed by atoms with van der Waals surface area (Å²) in [6.07, 6.45) is -0.429. The van der Waals surface area contributed by atoms with Gasteiger partial charge in [-0.15, -0.1) is 0 Å². The Morgan fingerprint density at radius 1 is 1.06 bits per heavy atom. The van der Waals surface area contributed by atoms with Crippen molar-refractivity contribution >= 4 is 17.8 Å². The van der Waals surface area contributed by atoms with Crippen LogP contribution in [0.4, 0.5) is 0 Å². The summed E-state index contributed by atoms with van der Waals surface area (Å²) >= 11 is 0. The molecule has 2 atom stereocenters. The number of hydrogen-bond donors (Lipinski definition) is 6. The highest BCUT2D eigenvalue weighted by atomic mass is 16.4. The zero-order valence-corrected chi connectivity index (χ0v) is 9.50. The van der Waals surface area contributed by atoms with Gasteiger partial charge in [-0.2, -0.15) is 0 Å². The Hall–Kier alpha value is -1.71. The zero-order valence-electron chi connectivity index (χ0n) is 9.50. The lowest BCUT2D eigenvalue weighted by atomic mass is 10.1. The summed E-state index contributed by atoms with van der Waals surface area (Å²) in [5.74, 6) is -3.33. The standard InChI is InChI=1S/C9H16N2O7/c12-3-6(9(17)18)11-8(16)5(10-4-13)1-2-7(14)15/h5-6,10,12-13H,1-4H2,(H,11,16)(H,14,15)(H,17,18)/t5?,6-/m0/s1. The van der Waals surface area contributed by atoms with Crippen molar-refractivity contribution in [2.24, 2.45) is 0 Å². The molecule has 1 amide bonds. The molecule has 0 spiro atoms. The molecular weight excluding hydrogens is 248 g/mol. The summed E-state index contributed by atoms with van der Waals surface area (Å²) in [5.41, 5.74) is 0. The fourth-order valence-electron chi connectivity index (χ4n) is 1.16. The van der Waals surface area contributed by atoms with Gasteiger partial charge >= 0.3 is 11.9 Å². The van der Waals surface area contributed by atoms with Crippen molar-refractivity contribution < 1.29 is 34.8 Å². The Morgan fingerprint density at radius 3 is 2.06 bits per heavy atom. The molecule has 6 N–H and O–H groups in total. The van der Waals surface area contributed by atoms with Gasteiger partial charge in [-0.1, -0.05) is 0 Å². The van der Waals surface area contributed by atoms with E-state index in [1.807, 2.05) is 5.32 Å². The lowest BCUT2D eigenvalue weighted by molar-refractivity contribution is -0.143. The minimum absolute atomic E-state index is 0.112. The van der Waals surface area contributed by atoms with E-state index in [-0.39, 0.29) is 12.8 Å². The van der Waals surface area contributed by atoms with Crippen LogP contribution in [-0.2, 0) is 14.4 Å². The van der Waals surface area contributed by atoms with Gasteiger partial charge in [0.05, 0.1) is 19.4 Å². The molecule has 0 aromatic carbocycles. The predicted octanol–water partition coefficient (Wildman–Crippen LogP) is -2.68. The Labute approximate surface area is 102 Å². The maximum atomic E-state index is 11.6. The molecule has 104 valence electrons. The lowest BCUT2D eigenvalue weighted by Gasteiger charge is -2.19. The number of aliphatic carboxylic acids is 2. The topological polar surface area (TPSA) is 156 Å². The predicted molar refractivity (Wildman–Crippen MR) is 57.5 cm³/mol. The Bertz CT molecular complexity index is 307. The van der Waals surface area contributed by atoms with Crippen LogP contribution in [-0.4, -0.2) is 63.7 Å². The van der Waals surface area contributed by atoms with E-state index in [0.29, 0.717) is 0 Å². The fraction of sp³-hybridized carbons (Fsp3) is 0.667. The van der Waals surface area contributed by atoms with Crippen LogP contribution in [0.25, 0.3) is 0 Å². The maximum absolute atomic E-state index is 11.6. The van der Waals surface area contributed by atoms with Crippen LogP contribution in [0.3, 0.4) is 0 Å². The number of carboxylic acids is 2. The monoisotopic (exact) mass is 264 g/mol. The Morgan fingerprint density at radius 2 is 1.67 bits per heavy atom. The van der Waals surface area contributed by atoms with Crippen molar-refractivity contribution in [3.63, 3.8) is 0 Å². The molecule has 0 aliphatic rings. The number of carbonyl (C=O) groups excluding carboxylic acids is 1. The summed E-state index contributed by atoms with van der Waals surface area (Å²) in [6.45, 7) is -1.35. The molecule has 0 heterocycles. The number of rotatable bonds is 9. The Balaban J connectivity index is 4.45. The van der Waals surface area contributed by atoms with Crippen LogP contribution in [0.15, 0.2) is 0 Å². The first-order valence-electron chi connectivity index (χ1n) is 5.12. The van der Waals surface area contributed by atoms with E-state index in [1.54, 1.807) is 0 Å². The largest absolute Gasteiger partial charge is 0.481 e. The van der Waals surface area contributed by atoms with Gasteiger partial charge in [-0.05, 0) is 6.42 Å². The highest BCUT2D eigenvalue weighted by Crippen LogP contribution is 1.99. The van der Waals surface area contributed by atoms with Gasteiger partial charge in [0.25, 0.3) is 0 Å². The molecular formula is C9H16N2O7. The van der Waals surface area contributed by atoms with Crippen LogP contribution in [0, 0.1) is 0 Å². The van der Waals surface area contributed by atoms with Crippen LogP contribution < -0.4 is 10.6 Å². The molecule has 9 heteroatoms. The molecule has 1 unspecified atom stereocenters. The number of aliphatic hydroxyl groups is 2. The van der Waals surface area contributed by atoms with Gasteiger partial charge < -0.3 is 25.7 Å². The highest BCUT2D eigenvalue weighted by Gasteiger charge is 2.24. The van der Waals surface area contributed by atoms with E-state index in [4.69, 9.17) is 20.4 Å². The molecule has 0 bridgehead atoms.